The molecule has 1 atom stereocenters. The van der Waals surface area contributed by atoms with Crippen LogP contribution in [0.3, 0.4) is 0 Å². The van der Waals surface area contributed by atoms with Crippen molar-refractivity contribution in [2.24, 2.45) is 0 Å². The second-order valence-corrected chi connectivity index (χ2v) is 6.10. The first kappa shape index (κ1) is 16.3. The van der Waals surface area contributed by atoms with Gasteiger partial charge in [0.25, 0.3) is 0 Å². The number of Topliss-reactive ketones (excluding diaryl/α,β-unsaturated/α-hetero) is 1. The Labute approximate surface area is 143 Å². The standard InChI is InChI=1S/C18H16O5S/c1-3-21-18(20)11(2)22-12-6-7-14-15(9-12)23-16(17(14)19)10-13-5-4-8-24-13/h4-11H,3H2,1-2H3/b16-10-/t11-/m0/s1. The minimum Gasteiger partial charge on any atom is -0.479 e. The Balaban J connectivity index is 1.77. The highest BCUT2D eigenvalue weighted by molar-refractivity contribution is 7.10. The number of carbonyl (C=O) groups is 2. The first-order chi connectivity index (χ1) is 11.6. The summed E-state index contributed by atoms with van der Waals surface area (Å²) >= 11 is 1.53. The zero-order valence-electron chi connectivity index (χ0n) is 13.3. The molecule has 1 aromatic heterocycles. The van der Waals surface area contributed by atoms with Gasteiger partial charge in [0.05, 0.1) is 12.2 Å². The van der Waals surface area contributed by atoms with E-state index in [1.165, 1.54) is 11.3 Å². The van der Waals surface area contributed by atoms with Gasteiger partial charge in [0.15, 0.2) is 11.9 Å². The van der Waals surface area contributed by atoms with E-state index in [9.17, 15) is 9.59 Å². The van der Waals surface area contributed by atoms with Crippen molar-refractivity contribution in [1.29, 1.82) is 0 Å². The van der Waals surface area contributed by atoms with Gasteiger partial charge in [0.2, 0.25) is 5.78 Å². The Morgan fingerprint density at radius 3 is 2.92 bits per heavy atom. The van der Waals surface area contributed by atoms with Crippen molar-refractivity contribution in [3.63, 3.8) is 0 Å². The molecule has 0 saturated carbocycles. The molecule has 24 heavy (non-hydrogen) atoms. The lowest BCUT2D eigenvalue weighted by Crippen LogP contribution is -2.26. The number of esters is 1. The second kappa shape index (κ2) is 6.88. The third kappa shape index (κ3) is 3.33. The highest BCUT2D eigenvalue weighted by Crippen LogP contribution is 2.35. The number of rotatable bonds is 5. The molecule has 0 aliphatic carbocycles. The van der Waals surface area contributed by atoms with E-state index >= 15 is 0 Å². The van der Waals surface area contributed by atoms with Gasteiger partial charge in [-0.1, -0.05) is 6.07 Å². The summed E-state index contributed by atoms with van der Waals surface area (Å²) in [6, 6.07) is 8.71. The molecule has 0 amide bonds. The molecular formula is C18H16O5S. The molecule has 0 unspecified atom stereocenters. The average molecular weight is 344 g/mol. The molecule has 0 N–H and O–H groups in total. The number of thiophene rings is 1. The van der Waals surface area contributed by atoms with Crippen LogP contribution in [0.5, 0.6) is 11.5 Å². The number of carbonyl (C=O) groups excluding carboxylic acids is 2. The van der Waals surface area contributed by atoms with Gasteiger partial charge >= 0.3 is 5.97 Å². The molecule has 2 heterocycles. The van der Waals surface area contributed by atoms with E-state index in [-0.39, 0.29) is 11.5 Å². The van der Waals surface area contributed by atoms with Crippen LogP contribution in [0.25, 0.3) is 6.08 Å². The number of benzene rings is 1. The molecule has 0 radical (unpaired) electrons. The van der Waals surface area contributed by atoms with Crippen LogP contribution in [0.15, 0.2) is 41.5 Å². The molecule has 3 rings (SSSR count). The zero-order valence-corrected chi connectivity index (χ0v) is 14.1. The van der Waals surface area contributed by atoms with Gasteiger partial charge in [0.1, 0.15) is 11.5 Å². The monoisotopic (exact) mass is 344 g/mol. The van der Waals surface area contributed by atoms with Crippen LogP contribution in [0.2, 0.25) is 0 Å². The molecule has 1 aromatic carbocycles. The summed E-state index contributed by atoms with van der Waals surface area (Å²) in [4.78, 5) is 24.9. The summed E-state index contributed by atoms with van der Waals surface area (Å²) < 4.78 is 16.1. The van der Waals surface area contributed by atoms with Crippen LogP contribution in [0.4, 0.5) is 0 Å². The van der Waals surface area contributed by atoms with Gasteiger partial charge < -0.3 is 14.2 Å². The summed E-state index contributed by atoms with van der Waals surface area (Å²) in [6.45, 7) is 3.64. The van der Waals surface area contributed by atoms with Gasteiger partial charge in [0, 0.05) is 17.0 Å². The van der Waals surface area contributed by atoms with Gasteiger partial charge in [-0.25, -0.2) is 4.79 Å². The maximum Gasteiger partial charge on any atom is 0.347 e. The number of allylic oxidation sites excluding steroid dienone is 1. The van der Waals surface area contributed by atoms with Gasteiger partial charge in [-0.2, -0.15) is 0 Å². The van der Waals surface area contributed by atoms with Crippen molar-refractivity contribution in [3.05, 3.63) is 51.9 Å². The van der Waals surface area contributed by atoms with Crippen molar-refractivity contribution >= 4 is 29.2 Å². The molecule has 0 saturated heterocycles. The Hall–Kier alpha value is -2.60. The molecule has 2 aromatic rings. The third-order valence-electron chi connectivity index (χ3n) is 3.39. The molecule has 5 nitrogen and oxygen atoms in total. The molecular weight excluding hydrogens is 328 g/mol. The summed E-state index contributed by atoms with van der Waals surface area (Å²) in [5.41, 5.74) is 0.481. The topological polar surface area (TPSA) is 61.8 Å². The minimum atomic E-state index is -0.735. The number of ether oxygens (including phenoxy) is 3. The van der Waals surface area contributed by atoms with E-state index in [2.05, 4.69) is 0 Å². The fourth-order valence-corrected chi connectivity index (χ4v) is 2.90. The van der Waals surface area contributed by atoms with Gasteiger partial charge in [-0.05, 0) is 37.4 Å². The fraction of sp³-hybridized carbons (Fsp3) is 0.222. The zero-order chi connectivity index (χ0) is 17.1. The van der Waals surface area contributed by atoms with E-state index in [1.54, 1.807) is 38.1 Å². The van der Waals surface area contributed by atoms with Crippen molar-refractivity contribution in [3.8, 4) is 11.5 Å². The molecule has 0 bridgehead atoms. The lowest BCUT2D eigenvalue weighted by molar-refractivity contribution is -0.150. The van der Waals surface area contributed by atoms with E-state index in [0.29, 0.717) is 23.7 Å². The van der Waals surface area contributed by atoms with Crippen LogP contribution in [0, 0.1) is 0 Å². The second-order valence-electron chi connectivity index (χ2n) is 5.13. The quantitative estimate of drug-likeness (QED) is 0.611. The molecule has 124 valence electrons. The number of hydrogen-bond donors (Lipinski definition) is 0. The summed E-state index contributed by atoms with van der Waals surface area (Å²) in [5.74, 6) is 0.551. The predicted octanol–water partition coefficient (Wildman–Crippen LogP) is 3.69. The highest BCUT2D eigenvalue weighted by atomic mass is 32.1. The van der Waals surface area contributed by atoms with Crippen molar-refractivity contribution < 1.29 is 23.8 Å². The SMILES string of the molecule is CCOC(=O)[C@H](C)Oc1ccc2c(c1)O/C(=C\c1cccs1)C2=O. The molecule has 6 heteroatoms. The normalized spacial score (nSPS) is 15.8. The smallest absolute Gasteiger partial charge is 0.347 e. The van der Waals surface area contributed by atoms with Crippen LogP contribution in [-0.4, -0.2) is 24.5 Å². The summed E-state index contributed by atoms with van der Waals surface area (Å²) in [5, 5.41) is 1.93. The first-order valence-electron chi connectivity index (χ1n) is 7.53. The summed E-state index contributed by atoms with van der Waals surface area (Å²) in [6.07, 6.45) is 0.982. The molecule has 1 aliphatic rings. The van der Waals surface area contributed by atoms with E-state index in [4.69, 9.17) is 14.2 Å². The number of hydrogen-bond acceptors (Lipinski definition) is 6. The number of fused-ring (bicyclic) bond motifs is 1. The van der Waals surface area contributed by atoms with E-state index in [1.807, 2.05) is 17.5 Å². The minimum absolute atomic E-state index is 0.164. The highest BCUT2D eigenvalue weighted by Gasteiger charge is 2.28. The lowest BCUT2D eigenvalue weighted by Gasteiger charge is -2.13. The fourth-order valence-electron chi connectivity index (χ4n) is 2.25. The Morgan fingerprint density at radius 1 is 1.38 bits per heavy atom. The largest absolute Gasteiger partial charge is 0.479 e. The lowest BCUT2D eigenvalue weighted by atomic mass is 10.1. The van der Waals surface area contributed by atoms with Crippen LogP contribution >= 0.6 is 11.3 Å². The van der Waals surface area contributed by atoms with E-state index < -0.39 is 12.1 Å². The maximum absolute atomic E-state index is 12.3. The maximum atomic E-state index is 12.3. The van der Waals surface area contributed by atoms with Crippen LogP contribution in [-0.2, 0) is 9.53 Å². The van der Waals surface area contributed by atoms with Crippen molar-refractivity contribution in [2.45, 2.75) is 20.0 Å². The van der Waals surface area contributed by atoms with Crippen molar-refractivity contribution in [2.75, 3.05) is 6.61 Å². The summed E-state index contributed by atoms with van der Waals surface area (Å²) in [7, 11) is 0. The van der Waals surface area contributed by atoms with Crippen LogP contribution in [0.1, 0.15) is 29.1 Å². The van der Waals surface area contributed by atoms with Gasteiger partial charge in [-0.3, -0.25) is 4.79 Å². The molecule has 0 spiro atoms. The average Bonchev–Trinajstić information content (AvgIpc) is 3.17. The molecule has 0 fully saturated rings. The van der Waals surface area contributed by atoms with Crippen molar-refractivity contribution in [1.82, 2.24) is 0 Å². The number of ketones is 1. The van der Waals surface area contributed by atoms with Crippen LogP contribution < -0.4 is 9.47 Å². The Kier molecular flexibility index (Phi) is 4.66. The third-order valence-corrected chi connectivity index (χ3v) is 4.21. The first-order valence-corrected chi connectivity index (χ1v) is 8.41. The Morgan fingerprint density at radius 2 is 2.21 bits per heavy atom. The van der Waals surface area contributed by atoms with E-state index in [0.717, 1.165) is 4.88 Å². The van der Waals surface area contributed by atoms with Gasteiger partial charge in [-0.15, -0.1) is 11.3 Å². The Bertz CT molecular complexity index is 792. The molecule has 1 aliphatic heterocycles. The predicted molar refractivity (Wildman–Crippen MR) is 90.4 cm³/mol.